The second-order valence-corrected chi connectivity index (χ2v) is 4.33. The molecule has 0 aliphatic heterocycles. The van der Waals surface area contributed by atoms with Gasteiger partial charge in [0.15, 0.2) is 5.96 Å². The molecular formula is C15H19N5. The quantitative estimate of drug-likeness (QED) is 0.499. The van der Waals surface area contributed by atoms with Crippen LogP contribution in [0.15, 0.2) is 29.3 Å². The SMILES string of the molecule is C#CCNC(=NCc1nc2ccccc2n1C)NCC. The molecule has 0 atom stereocenters. The van der Waals surface area contributed by atoms with Gasteiger partial charge in [0, 0.05) is 13.6 Å². The van der Waals surface area contributed by atoms with Crippen molar-refractivity contribution in [1.82, 2.24) is 20.2 Å². The molecule has 0 bridgehead atoms. The van der Waals surface area contributed by atoms with Crippen molar-refractivity contribution in [2.75, 3.05) is 13.1 Å². The van der Waals surface area contributed by atoms with Gasteiger partial charge < -0.3 is 15.2 Å². The average molecular weight is 269 g/mol. The molecule has 0 spiro atoms. The van der Waals surface area contributed by atoms with Crippen LogP contribution < -0.4 is 10.6 Å². The number of rotatable bonds is 4. The molecule has 20 heavy (non-hydrogen) atoms. The van der Waals surface area contributed by atoms with Crippen molar-refractivity contribution in [2.24, 2.45) is 12.0 Å². The maximum Gasteiger partial charge on any atom is 0.192 e. The molecule has 0 unspecified atom stereocenters. The Bertz CT molecular complexity index is 648. The van der Waals surface area contributed by atoms with Crippen molar-refractivity contribution in [3.05, 3.63) is 30.1 Å². The zero-order valence-electron chi connectivity index (χ0n) is 11.8. The highest BCUT2D eigenvalue weighted by Crippen LogP contribution is 2.14. The van der Waals surface area contributed by atoms with Crippen LogP contribution in [0.3, 0.4) is 0 Å². The molecule has 5 heteroatoms. The molecule has 1 heterocycles. The first-order chi connectivity index (χ1) is 9.76. The molecule has 0 radical (unpaired) electrons. The number of aromatic nitrogens is 2. The van der Waals surface area contributed by atoms with E-state index in [9.17, 15) is 0 Å². The highest BCUT2D eigenvalue weighted by Gasteiger charge is 2.06. The topological polar surface area (TPSA) is 54.2 Å². The summed E-state index contributed by atoms with van der Waals surface area (Å²) >= 11 is 0. The van der Waals surface area contributed by atoms with Crippen LogP contribution in [0.25, 0.3) is 11.0 Å². The molecule has 0 fully saturated rings. The number of guanidine groups is 1. The van der Waals surface area contributed by atoms with Crippen LogP contribution in [-0.4, -0.2) is 28.6 Å². The van der Waals surface area contributed by atoms with E-state index in [0.29, 0.717) is 19.0 Å². The monoisotopic (exact) mass is 269 g/mol. The first kappa shape index (κ1) is 13.9. The van der Waals surface area contributed by atoms with Crippen LogP contribution in [0.1, 0.15) is 12.7 Å². The number of aryl methyl sites for hydroxylation is 1. The zero-order valence-corrected chi connectivity index (χ0v) is 11.8. The third kappa shape index (κ3) is 3.09. The molecule has 2 N–H and O–H groups in total. The van der Waals surface area contributed by atoms with Crippen molar-refractivity contribution in [3.8, 4) is 12.3 Å². The lowest BCUT2D eigenvalue weighted by atomic mass is 10.3. The van der Waals surface area contributed by atoms with Gasteiger partial charge in [0.05, 0.1) is 17.6 Å². The minimum atomic E-state index is 0.453. The second-order valence-electron chi connectivity index (χ2n) is 4.33. The Labute approximate surface area is 119 Å². The van der Waals surface area contributed by atoms with E-state index in [4.69, 9.17) is 6.42 Å². The number of terminal acetylenes is 1. The Balaban J connectivity index is 2.18. The predicted octanol–water partition coefficient (Wildman–Crippen LogP) is 1.26. The number of aliphatic imine (C=N–C) groups is 1. The Morgan fingerprint density at radius 2 is 2.20 bits per heavy atom. The molecule has 0 amide bonds. The minimum Gasteiger partial charge on any atom is -0.357 e. The fourth-order valence-electron chi connectivity index (χ4n) is 1.96. The van der Waals surface area contributed by atoms with E-state index < -0.39 is 0 Å². The standard InChI is InChI=1S/C15H19N5/c1-4-10-17-15(16-5-2)18-11-14-19-12-8-6-7-9-13(12)20(14)3/h1,6-9H,5,10-11H2,2-3H3,(H2,16,17,18). The van der Waals surface area contributed by atoms with Crippen LogP contribution in [0.4, 0.5) is 0 Å². The normalized spacial score (nSPS) is 11.3. The lowest BCUT2D eigenvalue weighted by Gasteiger charge is -2.08. The van der Waals surface area contributed by atoms with Gasteiger partial charge in [-0.25, -0.2) is 9.98 Å². The third-order valence-corrected chi connectivity index (χ3v) is 2.96. The molecule has 5 nitrogen and oxygen atoms in total. The summed E-state index contributed by atoms with van der Waals surface area (Å²) in [6.45, 7) is 3.76. The molecule has 0 saturated carbocycles. The Morgan fingerprint density at radius 1 is 1.40 bits per heavy atom. The molecule has 2 rings (SSSR count). The lowest BCUT2D eigenvalue weighted by Crippen LogP contribution is -2.37. The number of nitrogens with zero attached hydrogens (tertiary/aromatic N) is 3. The van der Waals surface area contributed by atoms with Gasteiger partial charge in [0.25, 0.3) is 0 Å². The summed E-state index contributed by atoms with van der Waals surface area (Å²) in [5, 5.41) is 6.21. The van der Waals surface area contributed by atoms with Crippen molar-refractivity contribution in [2.45, 2.75) is 13.5 Å². The first-order valence-electron chi connectivity index (χ1n) is 6.62. The Hall–Kier alpha value is -2.48. The van der Waals surface area contributed by atoms with Gasteiger partial charge in [-0.1, -0.05) is 18.1 Å². The summed E-state index contributed by atoms with van der Waals surface area (Å²) in [7, 11) is 2.00. The number of para-hydroxylation sites is 2. The van der Waals surface area contributed by atoms with Crippen LogP contribution in [0.2, 0.25) is 0 Å². The average Bonchev–Trinajstić information content (AvgIpc) is 2.79. The highest BCUT2D eigenvalue weighted by atomic mass is 15.2. The van der Waals surface area contributed by atoms with Crippen molar-refractivity contribution in [1.29, 1.82) is 0 Å². The Kier molecular flexibility index (Phi) is 4.61. The summed E-state index contributed by atoms with van der Waals surface area (Å²) in [4.78, 5) is 9.08. The van der Waals surface area contributed by atoms with E-state index in [-0.39, 0.29) is 0 Å². The van der Waals surface area contributed by atoms with E-state index in [2.05, 4.69) is 37.2 Å². The molecule has 0 saturated heterocycles. The molecule has 2 aromatic rings. The van der Waals surface area contributed by atoms with Gasteiger partial charge in [-0.05, 0) is 19.1 Å². The minimum absolute atomic E-state index is 0.453. The molecule has 1 aromatic heterocycles. The van der Waals surface area contributed by atoms with Crippen LogP contribution in [0, 0.1) is 12.3 Å². The zero-order chi connectivity index (χ0) is 14.4. The van der Waals surface area contributed by atoms with E-state index in [1.807, 2.05) is 32.2 Å². The summed E-state index contributed by atoms with van der Waals surface area (Å²) < 4.78 is 2.06. The molecular weight excluding hydrogens is 250 g/mol. The maximum atomic E-state index is 5.24. The summed E-state index contributed by atoms with van der Waals surface area (Å²) in [6, 6.07) is 8.05. The number of hydrogen-bond acceptors (Lipinski definition) is 2. The van der Waals surface area contributed by atoms with Gasteiger partial charge in [-0.2, -0.15) is 0 Å². The summed E-state index contributed by atoms with van der Waals surface area (Å²) in [5.74, 6) is 4.16. The van der Waals surface area contributed by atoms with Gasteiger partial charge >= 0.3 is 0 Å². The van der Waals surface area contributed by atoms with Crippen LogP contribution in [-0.2, 0) is 13.6 Å². The van der Waals surface area contributed by atoms with Gasteiger partial charge in [-0.15, -0.1) is 6.42 Å². The number of benzene rings is 1. The van der Waals surface area contributed by atoms with Crippen molar-refractivity contribution >= 4 is 17.0 Å². The molecule has 104 valence electrons. The summed E-state index contributed by atoms with van der Waals surface area (Å²) in [5.41, 5.74) is 2.10. The van der Waals surface area contributed by atoms with Gasteiger partial charge in [0.2, 0.25) is 0 Å². The largest absolute Gasteiger partial charge is 0.357 e. The molecule has 0 aliphatic carbocycles. The predicted molar refractivity (Wildman–Crippen MR) is 82.4 cm³/mol. The second kappa shape index (κ2) is 6.62. The van der Waals surface area contributed by atoms with E-state index in [1.54, 1.807) is 0 Å². The number of nitrogens with one attached hydrogen (secondary N) is 2. The lowest BCUT2D eigenvalue weighted by molar-refractivity contribution is 0.793. The van der Waals surface area contributed by atoms with E-state index in [0.717, 1.165) is 23.4 Å². The van der Waals surface area contributed by atoms with Crippen LogP contribution in [0.5, 0.6) is 0 Å². The Morgan fingerprint density at radius 3 is 2.90 bits per heavy atom. The number of hydrogen-bond donors (Lipinski definition) is 2. The smallest absolute Gasteiger partial charge is 0.192 e. The molecule has 0 aliphatic rings. The van der Waals surface area contributed by atoms with Crippen molar-refractivity contribution in [3.63, 3.8) is 0 Å². The third-order valence-electron chi connectivity index (χ3n) is 2.96. The maximum absolute atomic E-state index is 5.24. The van der Waals surface area contributed by atoms with Crippen molar-refractivity contribution < 1.29 is 0 Å². The first-order valence-corrected chi connectivity index (χ1v) is 6.62. The van der Waals surface area contributed by atoms with Crippen LogP contribution >= 0.6 is 0 Å². The number of fused-ring (bicyclic) bond motifs is 1. The van der Waals surface area contributed by atoms with E-state index in [1.165, 1.54) is 0 Å². The molecule has 1 aromatic carbocycles. The van der Waals surface area contributed by atoms with Gasteiger partial charge in [0.1, 0.15) is 12.4 Å². The fourth-order valence-corrected chi connectivity index (χ4v) is 1.96. The summed E-state index contributed by atoms with van der Waals surface area (Å²) in [6.07, 6.45) is 5.24. The highest BCUT2D eigenvalue weighted by molar-refractivity contribution is 5.80. The van der Waals surface area contributed by atoms with E-state index >= 15 is 0 Å². The number of imidazole rings is 1. The fraction of sp³-hybridized carbons (Fsp3) is 0.333. The van der Waals surface area contributed by atoms with Gasteiger partial charge in [-0.3, -0.25) is 0 Å².